The molecular formula is C7H16N3NaO2. The van der Waals surface area contributed by atoms with Gasteiger partial charge >= 0.3 is 29.6 Å². The molecule has 5 nitrogen and oxygen atoms in total. The Bertz CT molecular complexity index is 168. The van der Waals surface area contributed by atoms with E-state index in [-0.39, 0.29) is 40.1 Å². The van der Waals surface area contributed by atoms with Crippen LogP contribution < -0.4 is 29.6 Å². The van der Waals surface area contributed by atoms with E-state index in [1.807, 2.05) is 27.7 Å². The molecule has 13 heavy (non-hydrogen) atoms. The average Bonchev–Trinajstić information content (AvgIpc) is 1.96. The first-order chi connectivity index (χ1) is 5.43. The summed E-state index contributed by atoms with van der Waals surface area (Å²) in [5.74, 6) is 0. The van der Waals surface area contributed by atoms with E-state index in [0.717, 1.165) is 6.42 Å². The topological polar surface area (TPSA) is 64.7 Å². The van der Waals surface area contributed by atoms with Gasteiger partial charge in [0.25, 0.3) is 0 Å². The van der Waals surface area contributed by atoms with Crippen molar-refractivity contribution in [3.63, 3.8) is 0 Å². The molecule has 0 spiro atoms. The SMILES string of the molecule is CCCN(/[N+]([O-])=N\[O-])C(C)(C)C.[Na+]. The van der Waals surface area contributed by atoms with E-state index in [1.54, 1.807) is 0 Å². The summed E-state index contributed by atoms with van der Waals surface area (Å²) < 4.78 is 0. The fourth-order valence-corrected chi connectivity index (χ4v) is 0.933. The van der Waals surface area contributed by atoms with Crippen molar-refractivity contribution in [3.8, 4) is 0 Å². The molecule has 0 aliphatic rings. The first-order valence-corrected chi connectivity index (χ1v) is 4.01. The standard InChI is InChI=1S/C7H17N3O2.Na/c1-5-6-9(7(2,3)4)10(12)8-11;/h11H,5-6H2,1-4H3;/q;+1/p-1/b10-8+;. The van der Waals surface area contributed by atoms with Crippen LogP contribution in [0.1, 0.15) is 34.1 Å². The molecule has 6 heteroatoms. The summed E-state index contributed by atoms with van der Waals surface area (Å²) in [6.07, 6.45) is 0.811. The molecular weight excluding hydrogens is 181 g/mol. The minimum atomic E-state index is -0.355. The van der Waals surface area contributed by atoms with Crippen LogP contribution in [0.25, 0.3) is 0 Å². The molecule has 0 saturated heterocycles. The molecule has 72 valence electrons. The van der Waals surface area contributed by atoms with Gasteiger partial charge in [-0.05, 0) is 32.5 Å². The van der Waals surface area contributed by atoms with Crippen LogP contribution in [0.3, 0.4) is 0 Å². The van der Waals surface area contributed by atoms with Gasteiger partial charge < -0.3 is 10.4 Å². The second-order valence-electron chi connectivity index (χ2n) is 3.63. The Labute approximate surface area is 101 Å². The van der Waals surface area contributed by atoms with Gasteiger partial charge in [0.05, 0.1) is 12.1 Å². The third kappa shape index (κ3) is 5.33. The van der Waals surface area contributed by atoms with Crippen molar-refractivity contribution in [1.82, 2.24) is 5.01 Å². The largest absolute Gasteiger partial charge is 1.00 e. The first kappa shape index (κ1) is 15.5. The Morgan fingerprint density at radius 3 is 2.08 bits per heavy atom. The second kappa shape index (κ2) is 6.45. The van der Waals surface area contributed by atoms with Gasteiger partial charge in [-0.1, -0.05) is 6.92 Å². The fraction of sp³-hybridized carbons (Fsp3) is 1.00. The van der Waals surface area contributed by atoms with Crippen molar-refractivity contribution >= 4 is 0 Å². The average molecular weight is 197 g/mol. The molecule has 0 saturated carbocycles. The molecule has 0 aromatic carbocycles. The van der Waals surface area contributed by atoms with E-state index in [0.29, 0.717) is 6.54 Å². The van der Waals surface area contributed by atoms with Crippen molar-refractivity contribution in [2.45, 2.75) is 39.7 Å². The molecule has 0 aromatic rings. The normalized spacial score (nSPS) is 12.2. The third-order valence-corrected chi connectivity index (χ3v) is 1.49. The van der Waals surface area contributed by atoms with Crippen LogP contribution in [0.15, 0.2) is 5.28 Å². The number of nitrogens with zero attached hydrogens (tertiary/aromatic N) is 3. The van der Waals surface area contributed by atoms with Crippen LogP contribution >= 0.6 is 0 Å². The molecule has 0 aromatic heterocycles. The summed E-state index contributed by atoms with van der Waals surface area (Å²) in [4.78, 5) is 0.115. The first-order valence-electron chi connectivity index (χ1n) is 4.01. The maximum atomic E-state index is 10.9. The van der Waals surface area contributed by atoms with Crippen LogP contribution in [-0.4, -0.2) is 22.1 Å². The summed E-state index contributed by atoms with van der Waals surface area (Å²) in [5.41, 5.74) is -0.355. The maximum Gasteiger partial charge on any atom is 1.00 e. The molecule has 0 N–H and O–H groups in total. The van der Waals surface area contributed by atoms with Gasteiger partial charge in [-0.3, -0.25) is 0 Å². The third-order valence-electron chi connectivity index (χ3n) is 1.49. The number of rotatable bonds is 3. The molecule has 0 unspecified atom stereocenters. The summed E-state index contributed by atoms with van der Waals surface area (Å²) >= 11 is 0. The monoisotopic (exact) mass is 197 g/mol. The molecule has 0 radical (unpaired) electrons. The molecule has 0 fully saturated rings. The van der Waals surface area contributed by atoms with Gasteiger partial charge in [0.1, 0.15) is 0 Å². The predicted molar refractivity (Wildman–Crippen MR) is 46.2 cm³/mol. The summed E-state index contributed by atoms with van der Waals surface area (Å²) in [7, 11) is 0. The fourth-order valence-electron chi connectivity index (χ4n) is 0.933. The van der Waals surface area contributed by atoms with E-state index in [1.165, 1.54) is 5.01 Å². The number of hydrogen-bond donors (Lipinski definition) is 0. The Balaban J connectivity index is 0. The van der Waals surface area contributed by atoms with E-state index >= 15 is 0 Å². The van der Waals surface area contributed by atoms with E-state index < -0.39 is 0 Å². The number of hydrazine groups is 1. The minimum absolute atomic E-state index is 0. The van der Waals surface area contributed by atoms with Gasteiger partial charge in [0, 0.05) is 4.97 Å². The predicted octanol–water partition coefficient (Wildman–Crippen LogP) is -1.12. The van der Waals surface area contributed by atoms with Crippen LogP contribution in [0.5, 0.6) is 0 Å². The van der Waals surface area contributed by atoms with Crippen LogP contribution in [-0.2, 0) is 0 Å². The smallest absolute Gasteiger partial charge is 0.737 e. The van der Waals surface area contributed by atoms with Gasteiger partial charge in [-0.25, -0.2) is 0 Å². The Morgan fingerprint density at radius 1 is 1.38 bits per heavy atom. The zero-order valence-electron chi connectivity index (χ0n) is 9.07. The summed E-state index contributed by atoms with van der Waals surface area (Å²) in [6.45, 7) is 8.06. The zero-order valence-corrected chi connectivity index (χ0v) is 11.1. The summed E-state index contributed by atoms with van der Waals surface area (Å²) in [5, 5.41) is 24.6. The van der Waals surface area contributed by atoms with E-state index in [4.69, 9.17) is 0 Å². The molecule has 0 rings (SSSR count). The molecule has 0 aliphatic carbocycles. The van der Waals surface area contributed by atoms with Gasteiger partial charge in [-0.15, -0.1) is 5.01 Å². The van der Waals surface area contributed by atoms with E-state index in [2.05, 4.69) is 5.28 Å². The molecule has 0 aliphatic heterocycles. The molecule has 0 bridgehead atoms. The van der Waals surface area contributed by atoms with Crippen molar-refractivity contribution in [1.29, 1.82) is 0 Å². The Morgan fingerprint density at radius 2 is 1.85 bits per heavy atom. The minimum Gasteiger partial charge on any atom is -0.737 e. The maximum absolute atomic E-state index is 10.9. The van der Waals surface area contributed by atoms with Gasteiger partial charge in [0.2, 0.25) is 0 Å². The summed E-state index contributed by atoms with van der Waals surface area (Å²) in [6, 6.07) is 0. The van der Waals surface area contributed by atoms with Crippen molar-refractivity contribution in [3.05, 3.63) is 10.4 Å². The molecule has 0 atom stereocenters. The van der Waals surface area contributed by atoms with Crippen molar-refractivity contribution in [2.24, 2.45) is 5.28 Å². The van der Waals surface area contributed by atoms with Crippen molar-refractivity contribution < 1.29 is 34.5 Å². The molecule has 0 heterocycles. The Hall–Kier alpha value is 0. The zero-order chi connectivity index (χ0) is 9.78. The quantitative estimate of drug-likeness (QED) is 0.249. The van der Waals surface area contributed by atoms with E-state index in [9.17, 15) is 10.4 Å². The molecule has 0 amide bonds. The van der Waals surface area contributed by atoms with Gasteiger partial charge in [-0.2, -0.15) is 0 Å². The van der Waals surface area contributed by atoms with Crippen LogP contribution in [0, 0.1) is 10.4 Å². The van der Waals surface area contributed by atoms with Crippen molar-refractivity contribution in [2.75, 3.05) is 6.54 Å². The van der Waals surface area contributed by atoms with Gasteiger partial charge in [0.15, 0.2) is 0 Å². The number of hydrogen-bond acceptors (Lipinski definition) is 3. The van der Waals surface area contributed by atoms with Crippen LogP contribution in [0.4, 0.5) is 0 Å². The second-order valence-corrected chi connectivity index (χ2v) is 3.63. The van der Waals surface area contributed by atoms with Crippen LogP contribution in [0.2, 0.25) is 0 Å². The Kier molecular flexibility index (Phi) is 7.68.